The number of nitrogens with one attached hydrogen (secondary N) is 2. The van der Waals surface area contributed by atoms with Crippen LogP contribution in [0.5, 0.6) is 0 Å². The van der Waals surface area contributed by atoms with Crippen molar-refractivity contribution in [3.8, 4) is 0 Å². The molecule has 0 radical (unpaired) electrons. The average Bonchev–Trinajstić information content (AvgIpc) is 2.53. The van der Waals surface area contributed by atoms with Gasteiger partial charge in [-0.15, -0.1) is 23.5 Å². The fraction of sp³-hybridized carbons (Fsp3) is 0.333. The van der Waals surface area contributed by atoms with Gasteiger partial charge >= 0.3 is 6.03 Å². The summed E-state index contributed by atoms with van der Waals surface area (Å²) in [5.74, 6) is -0.428. The van der Waals surface area contributed by atoms with Crippen LogP contribution in [0.15, 0.2) is 40.1 Å². The van der Waals surface area contributed by atoms with E-state index in [4.69, 9.17) is 4.84 Å². The average molecular weight is 340 g/mol. The third-order valence-corrected chi connectivity index (χ3v) is 5.10. The van der Waals surface area contributed by atoms with Crippen molar-refractivity contribution in [1.82, 2.24) is 10.8 Å². The van der Waals surface area contributed by atoms with E-state index in [0.717, 1.165) is 9.80 Å². The normalized spacial score (nSPS) is 9.95. The highest BCUT2D eigenvalue weighted by Crippen LogP contribution is 2.27. The highest BCUT2D eigenvalue weighted by atomic mass is 32.2. The summed E-state index contributed by atoms with van der Waals surface area (Å²) in [5, 5.41) is 2.23. The topological polar surface area (TPSA) is 67.4 Å². The molecule has 7 heteroatoms. The number of imide groups is 1. The molecule has 22 heavy (non-hydrogen) atoms. The van der Waals surface area contributed by atoms with Gasteiger partial charge in [-0.05, 0) is 31.4 Å². The number of carbonyl (C=O) groups excluding carboxylic acids is 2. The number of hydroxylamine groups is 1. The summed E-state index contributed by atoms with van der Waals surface area (Å²) in [6.45, 7) is 2.02. The van der Waals surface area contributed by atoms with Gasteiger partial charge in [-0.2, -0.15) is 0 Å². The molecule has 2 N–H and O–H groups in total. The standard InChI is InChI=1S/C15H20N2O3S2/c1-11(14(21-2)22-3)13(18)16-15(19)17-20-10-9-12-7-5-4-6-8-12/h4-8H,9-10H2,1-3H3,(H2,16,17,18,19). The molecule has 1 aromatic carbocycles. The smallest absolute Gasteiger partial charge is 0.272 e. The van der Waals surface area contributed by atoms with E-state index in [1.54, 1.807) is 6.92 Å². The van der Waals surface area contributed by atoms with Gasteiger partial charge in [0, 0.05) is 9.81 Å². The summed E-state index contributed by atoms with van der Waals surface area (Å²) in [6.07, 6.45) is 4.45. The van der Waals surface area contributed by atoms with E-state index in [0.29, 0.717) is 18.6 Å². The van der Waals surface area contributed by atoms with Crippen LogP contribution in [0.2, 0.25) is 0 Å². The van der Waals surface area contributed by atoms with E-state index in [2.05, 4.69) is 10.8 Å². The van der Waals surface area contributed by atoms with E-state index in [1.807, 2.05) is 42.8 Å². The molecule has 0 unspecified atom stereocenters. The molecule has 120 valence electrons. The fourth-order valence-corrected chi connectivity index (χ4v) is 3.10. The summed E-state index contributed by atoms with van der Waals surface area (Å²) in [5.41, 5.74) is 3.83. The minimum absolute atomic E-state index is 0.335. The van der Waals surface area contributed by atoms with Crippen LogP contribution in [-0.4, -0.2) is 31.1 Å². The number of hydrogen-bond donors (Lipinski definition) is 2. The zero-order chi connectivity index (χ0) is 16.4. The molecule has 0 fully saturated rings. The molecule has 0 bridgehead atoms. The first-order chi connectivity index (χ1) is 10.6. The van der Waals surface area contributed by atoms with Gasteiger partial charge in [-0.25, -0.2) is 10.3 Å². The predicted molar refractivity (Wildman–Crippen MR) is 92.5 cm³/mol. The van der Waals surface area contributed by atoms with Gasteiger partial charge in [-0.3, -0.25) is 14.9 Å². The Bertz CT molecular complexity index is 527. The molecule has 1 aromatic rings. The van der Waals surface area contributed by atoms with Gasteiger partial charge in [0.2, 0.25) is 0 Å². The molecule has 0 aliphatic heterocycles. The van der Waals surface area contributed by atoms with Gasteiger partial charge in [0.25, 0.3) is 5.91 Å². The molecule has 1 rings (SSSR count). The molecule has 0 heterocycles. The van der Waals surface area contributed by atoms with E-state index in [-0.39, 0.29) is 0 Å². The van der Waals surface area contributed by atoms with Crippen LogP contribution in [0.1, 0.15) is 12.5 Å². The molecule has 3 amide bonds. The molecule has 5 nitrogen and oxygen atoms in total. The lowest BCUT2D eigenvalue weighted by Gasteiger charge is -2.09. The van der Waals surface area contributed by atoms with Gasteiger partial charge in [0.05, 0.1) is 6.61 Å². The number of amides is 3. The maximum Gasteiger partial charge on any atom is 0.345 e. The van der Waals surface area contributed by atoms with Crippen molar-refractivity contribution in [1.29, 1.82) is 0 Å². The van der Waals surface area contributed by atoms with Crippen molar-refractivity contribution < 1.29 is 14.4 Å². The van der Waals surface area contributed by atoms with Crippen LogP contribution in [0.25, 0.3) is 0 Å². The van der Waals surface area contributed by atoms with Crippen molar-refractivity contribution in [2.45, 2.75) is 13.3 Å². The van der Waals surface area contributed by atoms with E-state index < -0.39 is 11.9 Å². The van der Waals surface area contributed by atoms with E-state index >= 15 is 0 Å². The lowest BCUT2D eigenvalue weighted by molar-refractivity contribution is -0.116. The molecule has 0 aliphatic carbocycles. The van der Waals surface area contributed by atoms with Crippen LogP contribution < -0.4 is 10.8 Å². The Morgan fingerprint density at radius 2 is 1.77 bits per heavy atom. The largest absolute Gasteiger partial charge is 0.345 e. The van der Waals surface area contributed by atoms with Crippen molar-refractivity contribution in [2.75, 3.05) is 19.1 Å². The molecule has 0 spiro atoms. The third kappa shape index (κ3) is 6.55. The summed E-state index contributed by atoms with van der Waals surface area (Å²) >= 11 is 2.94. The van der Waals surface area contributed by atoms with Gasteiger partial charge < -0.3 is 0 Å². The van der Waals surface area contributed by atoms with E-state index in [1.165, 1.54) is 23.5 Å². The number of thioether (sulfide) groups is 2. The summed E-state index contributed by atoms with van der Waals surface area (Å²) in [6, 6.07) is 9.12. The second-order valence-electron chi connectivity index (χ2n) is 4.29. The van der Waals surface area contributed by atoms with Crippen molar-refractivity contribution >= 4 is 35.5 Å². The molecular formula is C15H20N2O3S2. The number of carbonyl (C=O) groups is 2. The minimum Gasteiger partial charge on any atom is -0.272 e. The Balaban J connectivity index is 2.31. The number of benzene rings is 1. The van der Waals surface area contributed by atoms with Crippen molar-refractivity contribution in [2.24, 2.45) is 0 Å². The summed E-state index contributed by atoms with van der Waals surface area (Å²) in [4.78, 5) is 28.5. The fourth-order valence-electron chi connectivity index (χ4n) is 1.63. The monoisotopic (exact) mass is 340 g/mol. The number of rotatable bonds is 7. The van der Waals surface area contributed by atoms with Gasteiger partial charge in [0.15, 0.2) is 0 Å². The highest BCUT2D eigenvalue weighted by Gasteiger charge is 2.13. The van der Waals surface area contributed by atoms with Crippen LogP contribution in [0, 0.1) is 0 Å². The van der Waals surface area contributed by atoms with E-state index in [9.17, 15) is 9.59 Å². The van der Waals surface area contributed by atoms with Crippen LogP contribution in [0.3, 0.4) is 0 Å². The third-order valence-electron chi connectivity index (χ3n) is 2.75. The maximum absolute atomic E-state index is 11.9. The van der Waals surface area contributed by atoms with Crippen LogP contribution in [0.4, 0.5) is 4.79 Å². The molecule has 0 aromatic heterocycles. The first-order valence-corrected chi connectivity index (χ1v) is 9.09. The van der Waals surface area contributed by atoms with Gasteiger partial charge in [-0.1, -0.05) is 30.3 Å². The second kappa shape index (κ2) is 10.3. The Hall–Kier alpha value is -1.44. The van der Waals surface area contributed by atoms with Crippen LogP contribution in [-0.2, 0) is 16.1 Å². The lowest BCUT2D eigenvalue weighted by Crippen LogP contribution is -2.40. The Kier molecular flexibility index (Phi) is 8.72. The van der Waals surface area contributed by atoms with Gasteiger partial charge in [0.1, 0.15) is 0 Å². The summed E-state index contributed by atoms with van der Waals surface area (Å²) in [7, 11) is 0. The lowest BCUT2D eigenvalue weighted by atomic mass is 10.2. The molecule has 0 saturated carbocycles. The maximum atomic E-state index is 11.9. The first kappa shape index (κ1) is 18.6. The predicted octanol–water partition coefficient (Wildman–Crippen LogP) is 2.94. The van der Waals surface area contributed by atoms with Crippen molar-refractivity contribution in [3.05, 3.63) is 45.7 Å². The SMILES string of the molecule is CSC(SC)=C(C)C(=O)NC(=O)NOCCc1ccccc1. The van der Waals surface area contributed by atoms with Crippen LogP contribution >= 0.6 is 23.5 Å². The van der Waals surface area contributed by atoms with Crippen molar-refractivity contribution in [3.63, 3.8) is 0 Å². The zero-order valence-corrected chi connectivity index (χ0v) is 14.5. The minimum atomic E-state index is -0.668. The molecule has 0 atom stereocenters. The first-order valence-electron chi connectivity index (χ1n) is 6.64. The highest BCUT2D eigenvalue weighted by molar-refractivity contribution is 8.21. The molecule has 0 aliphatic rings. The Morgan fingerprint density at radius 1 is 1.14 bits per heavy atom. The Morgan fingerprint density at radius 3 is 2.36 bits per heavy atom. The quantitative estimate of drug-likeness (QED) is 0.454. The second-order valence-corrected chi connectivity index (χ2v) is 6.18. The molecular weight excluding hydrogens is 320 g/mol. The number of urea groups is 1. The Labute approximate surface area is 139 Å². The zero-order valence-electron chi connectivity index (χ0n) is 12.8. The summed E-state index contributed by atoms with van der Waals surface area (Å²) < 4.78 is 0.871. The number of hydrogen-bond acceptors (Lipinski definition) is 5. The molecule has 0 saturated heterocycles.